The fraction of sp³-hybridized carbons (Fsp3) is 0.466. The second kappa shape index (κ2) is 26.3. The zero-order chi connectivity index (χ0) is 62.7. The van der Waals surface area contributed by atoms with E-state index in [9.17, 15) is 83.8 Å². The van der Waals surface area contributed by atoms with Gasteiger partial charge in [-0.05, 0) is 116 Å². The number of carbonyl (C=O) groups excluding carboxylic acids is 9. The van der Waals surface area contributed by atoms with Crippen LogP contribution in [0.5, 0.6) is 0 Å². The topological polar surface area (TPSA) is 298 Å². The van der Waals surface area contributed by atoms with Crippen LogP contribution in [-0.4, -0.2) is 158 Å². The summed E-state index contributed by atoms with van der Waals surface area (Å²) in [7, 11) is -5.97. The molecule has 4 aromatic rings. The Balaban J connectivity index is 0.862. The van der Waals surface area contributed by atoms with Crippen molar-refractivity contribution in [2.75, 3.05) is 32.7 Å². The number of carbonyl (C=O) groups is 9. The van der Waals surface area contributed by atoms with Gasteiger partial charge in [-0.1, -0.05) is 36.1 Å². The number of hydrogen-bond acceptors (Lipinski definition) is 12. The first kappa shape index (κ1) is 63.8. The number of likely N-dealkylation sites (tertiary alicyclic amines) is 1. The molecule has 464 valence electrons. The molecular weight excluding hydrogens is 1190 g/mol. The van der Waals surface area contributed by atoms with E-state index in [1.165, 1.54) is 29.2 Å². The van der Waals surface area contributed by atoms with Crippen LogP contribution in [0.25, 0.3) is 10.1 Å². The van der Waals surface area contributed by atoms with Gasteiger partial charge in [0.15, 0.2) is 0 Å². The van der Waals surface area contributed by atoms with Gasteiger partial charge in [0.2, 0.25) is 41.4 Å². The maximum absolute atomic E-state index is 14.7. The van der Waals surface area contributed by atoms with E-state index in [4.69, 9.17) is 5.73 Å². The first-order valence-electron chi connectivity index (χ1n) is 28.2. The van der Waals surface area contributed by atoms with E-state index < -0.39 is 128 Å². The number of imide groups is 1. The number of nitrogens with two attached hydrogens (primary N) is 1. The Morgan fingerprint density at radius 3 is 2.30 bits per heavy atom. The van der Waals surface area contributed by atoms with Crippen LogP contribution in [0.4, 0.5) is 26.3 Å². The highest BCUT2D eigenvalue weighted by atomic mass is 32.1. The third-order valence-corrected chi connectivity index (χ3v) is 18.5. The van der Waals surface area contributed by atoms with Crippen LogP contribution in [0.3, 0.4) is 0 Å². The van der Waals surface area contributed by atoms with Crippen molar-refractivity contribution in [3.8, 4) is 11.8 Å². The molecule has 0 aliphatic carbocycles. The number of nitrogens with one attached hydrogen (secondary N) is 4. The van der Waals surface area contributed by atoms with E-state index in [1.807, 2.05) is 0 Å². The van der Waals surface area contributed by atoms with Crippen LogP contribution in [-0.2, 0) is 56.8 Å². The van der Waals surface area contributed by atoms with Crippen LogP contribution in [0.2, 0.25) is 0 Å². The lowest BCUT2D eigenvalue weighted by Gasteiger charge is -2.39. The van der Waals surface area contributed by atoms with Gasteiger partial charge in [-0.25, -0.2) is 4.39 Å². The summed E-state index contributed by atoms with van der Waals surface area (Å²) in [5, 5.41) is 10.0. The minimum Gasteiger partial charge on any atom is -0.370 e. The molecule has 1 aromatic heterocycles. The van der Waals surface area contributed by atoms with E-state index in [2.05, 4.69) is 33.1 Å². The Labute approximate surface area is 498 Å². The number of fused-ring (bicyclic) bond motifs is 3. The number of amides is 9. The smallest absolute Gasteiger partial charge is 0.370 e. The van der Waals surface area contributed by atoms with Crippen molar-refractivity contribution in [2.45, 2.75) is 132 Å². The van der Waals surface area contributed by atoms with Crippen LogP contribution >= 0.6 is 18.9 Å². The number of halogens is 6. The predicted octanol–water partition coefficient (Wildman–Crippen LogP) is 4.30. The largest absolute Gasteiger partial charge is 0.401 e. The summed E-state index contributed by atoms with van der Waals surface area (Å²) in [6.45, 7) is -1.66. The standard InChI is InChI=1S/C58H62F6N9O12PS/c59-37-11-8-33(9-12-37)26-42(55(81)71-24-20-32(21-25-71)4-1-2-5-34-6-3-7-39-40(34)29-72(54(39)80)44-16-19-49(75)69-51(44)77)67-50(76)41(14-18-48(65)74)66-52(78)45-15-13-38-22-23-70(31-57(60,61)62)30-43(56(82)73(38)45)68-53(79)47-28-35-27-36(10-17-46(35)87-47)58(63,64)86(83,84)85/h3,6-12,17,27-28,32,38,41-45H,1,4,13-16,18-26,29-31H2,(H2,65,74)(H,66,78)(H,67,76)(H,68,79)(H,69,75,77)(H2,83,84,85)/t38-,41+,42+,43+,44?,45+/m1/s1. The molecule has 4 saturated heterocycles. The molecule has 4 fully saturated rings. The minimum absolute atomic E-state index is 0.0367. The van der Waals surface area contributed by atoms with E-state index in [0.29, 0.717) is 47.9 Å². The molecule has 8 N–H and O–H groups in total. The van der Waals surface area contributed by atoms with Gasteiger partial charge in [-0.15, -0.1) is 11.3 Å². The molecule has 29 heteroatoms. The summed E-state index contributed by atoms with van der Waals surface area (Å²) < 4.78 is 96.8. The first-order valence-corrected chi connectivity index (χ1v) is 30.6. The number of nitrogens with zero attached hydrogens (tertiary/aromatic N) is 4. The number of benzene rings is 3. The number of hydrogen-bond donors (Lipinski definition) is 7. The molecule has 5 aliphatic heterocycles. The van der Waals surface area contributed by atoms with Crippen molar-refractivity contribution in [3.63, 3.8) is 0 Å². The van der Waals surface area contributed by atoms with Gasteiger partial charge >= 0.3 is 19.4 Å². The van der Waals surface area contributed by atoms with Crippen LogP contribution in [0.1, 0.15) is 113 Å². The molecule has 0 saturated carbocycles. The number of primary amides is 1. The Hall–Kier alpha value is -7.70. The van der Waals surface area contributed by atoms with Crippen molar-refractivity contribution in [1.82, 2.24) is 40.9 Å². The maximum Gasteiger partial charge on any atom is 0.401 e. The van der Waals surface area contributed by atoms with E-state index in [-0.39, 0.29) is 104 Å². The second-order valence-electron chi connectivity index (χ2n) is 22.4. The predicted molar refractivity (Wildman–Crippen MR) is 300 cm³/mol. The molecule has 6 atom stereocenters. The summed E-state index contributed by atoms with van der Waals surface area (Å²) in [5.74, 6) is -0.398. The first-order chi connectivity index (χ1) is 41.1. The lowest BCUT2D eigenvalue weighted by atomic mass is 9.91. The third-order valence-electron chi connectivity index (χ3n) is 16.4. The number of alkyl halides is 5. The molecule has 21 nitrogen and oxygen atoms in total. The number of rotatable bonds is 18. The monoisotopic (exact) mass is 1250 g/mol. The van der Waals surface area contributed by atoms with Crippen molar-refractivity contribution < 1.29 is 83.8 Å². The number of thiophene rings is 1. The SMILES string of the molecule is NC(=O)CC[C@H](NC(=O)[C@@H]1CC[C@@H]2CCN(CC(F)(F)F)C[C@H](NC(=O)c3cc4cc(C(F)(F)P(=O)(O)O)ccc4s3)C(=O)N21)C(=O)N[C@@H](Cc1ccc(F)cc1)C(=O)N1CCC(CCC#Cc2cccc3c2CN(C2CCC(=O)NC2=O)C3=O)CC1. The average Bonchev–Trinajstić information content (AvgIpc) is 2.00. The normalized spacial score (nSPS) is 21.2. The van der Waals surface area contributed by atoms with E-state index in [1.54, 1.807) is 23.1 Å². The summed E-state index contributed by atoms with van der Waals surface area (Å²) in [4.78, 5) is 145. The second-order valence-corrected chi connectivity index (χ2v) is 25.1. The zero-order valence-corrected chi connectivity index (χ0v) is 48.3. The quantitative estimate of drug-likeness (QED) is 0.0317. The summed E-state index contributed by atoms with van der Waals surface area (Å²) >= 11 is 0.738. The van der Waals surface area contributed by atoms with Crippen LogP contribution < -0.4 is 27.0 Å². The average molecular weight is 1250 g/mol. The molecule has 6 heterocycles. The lowest BCUT2D eigenvalue weighted by Crippen LogP contribution is -2.62. The van der Waals surface area contributed by atoms with Gasteiger partial charge in [0.1, 0.15) is 36.0 Å². The molecule has 0 bridgehead atoms. The van der Waals surface area contributed by atoms with Crippen molar-refractivity contribution in [1.29, 1.82) is 0 Å². The van der Waals surface area contributed by atoms with Gasteiger partial charge in [-0.3, -0.25) is 57.9 Å². The van der Waals surface area contributed by atoms with Gasteiger partial charge < -0.3 is 46.2 Å². The Morgan fingerprint density at radius 2 is 1.61 bits per heavy atom. The van der Waals surface area contributed by atoms with E-state index in [0.717, 1.165) is 45.4 Å². The molecule has 3 aromatic carbocycles. The third kappa shape index (κ3) is 15.0. The Kier molecular flexibility index (Phi) is 19.3. The highest BCUT2D eigenvalue weighted by Crippen LogP contribution is 2.59. The zero-order valence-electron chi connectivity index (χ0n) is 46.6. The molecule has 9 amide bonds. The van der Waals surface area contributed by atoms with Gasteiger partial charge in [0.25, 0.3) is 11.8 Å². The molecular formula is C58H62F6N9O12PS. The highest BCUT2D eigenvalue weighted by molar-refractivity contribution is 7.52. The summed E-state index contributed by atoms with van der Waals surface area (Å²) in [6, 6.07) is 6.60. The molecule has 87 heavy (non-hydrogen) atoms. The van der Waals surface area contributed by atoms with Crippen molar-refractivity contribution >= 4 is 82.2 Å². The molecule has 0 radical (unpaired) electrons. The van der Waals surface area contributed by atoms with Crippen molar-refractivity contribution in [3.05, 3.63) is 105 Å². The minimum atomic E-state index is -5.97. The fourth-order valence-corrected chi connectivity index (χ4v) is 13.3. The van der Waals surface area contributed by atoms with Crippen LogP contribution in [0.15, 0.2) is 66.7 Å². The van der Waals surface area contributed by atoms with Crippen molar-refractivity contribution in [2.24, 2.45) is 11.7 Å². The molecule has 1 unspecified atom stereocenters. The molecule has 0 spiro atoms. The van der Waals surface area contributed by atoms with Crippen LogP contribution in [0, 0.1) is 23.6 Å². The van der Waals surface area contributed by atoms with Gasteiger partial charge in [0, 0.05) is 85.8 Å². The summed E-state index contributed by atoms with van der Waals surface area (Å²) in [6.07, 6.45) is -3.03. The maximum atomic E-state index is 14.7. The summed E-state index contributed by atoms with van der Waals surface area (Å²) in [5.41, 5.74) is 2.12. The number of piperidine rings is 2. The van der Waals surface area contributed by atoms with Gasteiger partial charge in [0.05, 0.1) is 11.4 Å². The fourth-order valence-electron chi connectivity index (χ4n) is 11.9. The lowest BCUT2D eigenvalue weighted by molar-refractivity contribution is -0.154. The Morgan fingerprint density at radius 1 is 0.874 bits per heavy atom. The Bertz CT molecular complexity index is 3490. The van der Waals surface area contributed by atoms with Gasteiger partial charge in [-0.2, -0.15) is 22.0 Å². The van der Waals surface area contributed by atoms with E-state index >= 15 is 0 Å². The molecule has 5 aliphatic rings. The molecule has 9 rings (SSSR count). The highest BCUT2D eigenvalue weighted by Gasteiger charge is 2.51.